The van der Waals surface area contributed by atoms with Gasteiger partial charge in [0, 0.05) is 25.2 Å². The third kappa shape index (κ3) is 2.18. The highest BCUT2D eigenvalue weighted by atomic mass is 16.3. The standard InChI is InChI=1S/C14H18N2O/c1-10(2)8-15-9-12-11-6-4-5-7-13(11)16(3)14(12)17/h4-7,9-10,17H,8H2,1-3H3. The Morgan fingerprint density at radius 2 is 2.06 bits per heavy atom. The predicted molar refractivity (Wildman–Crippen MR) is 71.9 cm³/mol. The highest BCUT2D eigenvalue weighted by Gasteiger charge is 2.11. The largest absolute Gasteiger partial charge is 0.494 e. The second-order valence-corrected chi connectivity index (χ2v) is 4.70. The lowest BCUT2D eigenvalue weighted by Gasteiger charge is -1.97. The van der Waals surface area contributed by atoms with Crippen LogP contribution in [0.4, 0.5) is 0 Å². The van der Waals surface area contributed by atoms with E-state index in [0.717, 1.165) is 23.0 Å². The van der Waals surface area contributed by atoms with Crippen molar-refractivity contribution >= 4 is 17.1 Å². The molecule has 0 amide bonds. The molecule has 0 saturated heterocycles. The molecule has 0 aliphatic carbocycles. The van der Waals surface area contributed by atoms with Gasteiger partial charge in [-0.05, 0) is 12.0 Å². The normalized spacial score (nSPS) is 12.0. The first kappa shape index (κ1) is 11.7. The van der Waals surface area contributed by atoms with Crippen molar-refractivity contribution in [1.82, 2.24) is 4.57 Å². The van der Waals surface area contributed by atoms with Crippen molar-refractivity contribution in [1.29, 1.82) is 0 Å². The molecule has 0 atom stereocenters. The summed E-state index contributed by atoms with van der Waals surface area (Å²) in [5.74, 6) is 0.807. The van der Waals surface area contributed by atoms with Crippen molar-refractivity contribution in [2.24, 2.45) is 18.0 Å². The van der Waals surface area contributed by atoms with Crippen LogP contribution in [0.15, 0.2) is 29.3 Å². The number of aromatic hydroxyl groups is 1. The number of para-hydroxylation sites is 1. The Kier molecular flexibility index (Phi) is 3.18. The van der Waals surface area contributed by atoms with Crippen molar-refractivity contribution in [2.45, 2.75) is 13.8 Å². The molecule has 0 radical (unpaired) electrons. The third-order valence-corrected chi connectivity index (χ3v) is 2.81. The molecule has 0 aliphatic heterocycles. The lowest BCUT2D eigenvalue weighted by atomic mass is 10.2. The summed E-state index contributed by atoms with van der Waals surface area (Å²) in [7, 11) is 1.86. The van der Waals surface area contributed by atoms with Gasteiger partial charge in [0.05, 0.1) is 11.1 Å². The second kappa shape index (κ2) is 4.62. The number of hydrogen-bond acceptors (Lipinski definition) is 2. The van der Waals surface area contributed by atoms with Crippen molar-refractivity contribution < 1.29 is 5.11 Å². The maximum absolute atomic E-state index is 10.1. The predicted octanol–water partition coefficient (Wildman–Crippen LogP) is 2.96. The van der Waals surface area contributed by atoms with Gasteiger partial charge in [-0.15, -0.1) is 0 Å². The van der Waals surface area contributed by atoms with Gasteiger partial charge in [0.2, 0.25) is 5.88 Å². The highest BCUT2D eigenvalue weighted by Crippen LogP contribution is 2.28. The fourth-order valence-corrected chi connectivity index (χ4v) is 1.89. The molecule has 1 heterocycles. The Balaban J connectivity index is 2.46. The van der Waals surface area contributed by atoms with Crippen LogP contribution >= 0.6 is 0 Å². The molecule has 0 saturated carbocycles. The summed E-state index contributed by atoms with van der Waals surface area (Å²) in [6.45, 7) is 5.03. The first-order valence-electron chi connectivity index (χ1n) is 5.87. The van der Waals surface area contributed by atoms with Gasteiger partial charge in [-0.1, -0.05) is 32.0 Å². The van der Waals surface area contributed by atoms with E-state index in [-0.39, 0.29) is 5.88 Å². The van der Waals surface area contributed by atoms with Gasteiger partial charge in [-0.25, -0.2) is 0 Å². The molecule has 2 rings (SSSR count). The minimum Gasteiger partial charge on any atom is -0.494 e. The van der Waals surface area contributed by atoms with Crippen LogP contribution in [0.25, 0.3) is 10.9 Å². The SMILES string of the molecule is CC(C)CN=Cc1c(O)n(C)c2ccccc12. The fraction of sp³-hybridized carbons (Fsp3) is 0.357. The maximum Gasteiger partial charge on any atom is 0.200 e. The zero-order valence-corrected chi connectivity index (χ0v) is 10.5. The average Bonchev–Trinajstić information content (AvgIpc) is 2.54. The van der Waals surface area contributed by atoms with E-state index < -0.39 is 0 Å². The quantitative estimate of drug-likeness (QED) is 0.809. The Morgan fingerprint density at radius 1 is 1.35 bits per heavy atom. The van der Waals surface area contributed by atoms with E-state index in [1.54, 1.807) is 10.8 Å². The summed E-state index contributed by atoms with van der Waals surface area (Å²) >= 11 is 0. The van der Waals surface area contributed by atoms with E-state index in [1.165, 1.54) is 0 Å². The van der Waals surface area contributed by atoms with Crippen LogP contribution in [0.5, 0.6) is 5.88 Å². The monoisotopic (exact) mass is 230 g/mol. The third-order valence-electron chi connectivity index (χ3n) is 2.81. The van der Waals surface area contributed by atoms with Crippen molar-refractivity contribution in [3.63, 3.8) is 0 Å². The number of aryl methyl sites for hydroxylation is 1. The van der Waals surface area contributed by atoms with E-state index in [9.17, 15) is 5.11 Å². The molecule has 1 aromatic carbocycles. The molecule has 0 spiro atoms. The van der Waals surface area contributed by atoms with Crippen LogP contribution < -0.4 is 0 Å². The van der Waals surface area contributed by atoms with Gasteiger partial charge in [-0.3, -0.25) is 4.99 Å². The van der Waals surface area contributed by atoms with Crippen LogP contribution in [0.1, 0.15) is 19.4 Å². The summed E-state index contributed by atoms with van der Waals surface area (Å²) in [5, 5.41) is 11.1. The van der Waals surface area contributed by atoms with Crippen LogP contribution in [0, 0.1) is 5.92 Å². The van der Waals surface area contributed by atoms with Crippen LogP contribution in [-0.4, -0.2) is 22.4 Å². The molecular formula is C14H18N2O. The molecule has 3 nitrogen and oxygen atoms in total. The summed E-state index contributed by atoms with van der Waals surface area (Å²) < 4.78 is 1.78. The zero-order chi connectivity index (χ0) is 12.4. The number of fused-ring (bicyclic) bond motifs is 1. The summed E-state index contributed by atoms with van der Waals surface area (Å²) in [4.78, 5) is 4.37. The van der Waals surface area contributed by atoms with Crippen LogP contribution in [-0.2, 0) is 7.05 Å². The van der Waals surface area contributed by atoms with Gasteiger partial charge in [0.15, 0.2) is 0 Å². The number of aliphatic imine (C=N–C) groups is 1. The Bertz CT molecular complexity index is 553. The maximum atomic E-state index is 10.1. The number of hydrogen-bond donors (Lipinski definition) is 1. The number of rotatable bonds is 3. The molecule has 2 aromatic rings. The average molecular weight is 230 g/mol. The van der Waals surface area contributed by atoms with E-state index in [2.05, 4.69) is 18.8 Å². The number of nitrogens with zero attached hydrogens (tertiary/aromatic N) is 2. The van der Waals surface area contributed by atoms with E-state index in [1.807, 2.05) is 31.3 Å². The molecular weight excluding hydrogens is 212 g/mol. The van der Waals surface area contributed by atoms with E-state index in [4.69, 9.17) is 0 Å². The molecule has 1 aromatic heterocycles. The Labute approximate surface area is 101 Å². The van der Waals surface area contributed by atoms with E-state index >= 15 is 0 Å². The van der Waals surface area contributed by atoms with E-state index in [0.29, 0.717) is 5.92 Å². The topological polar surface area (TPSA) is 37.5 Å². The van der Waals surface area contributed by atoms with Crippen molar-refractivity contribution in [3.8, 4) is 5.88 Å². The molecule has 17 heavy (non-hydrogen) atoms. The summed E-state index contributed by atoms with van der Waals surface area (Å²) in [6, 6.07) is 7.94. The zero-order valence-electron chi connectivity index (χ0n) is 10.5. The fourth-order valence-electron chi connectivity index (χ4n) is 1.89. The molecule has 0 bridgehead atoms. The Morgan fingerprint density at radius 3 is 2.76 bits per heavy atom. The van der Waals surface area contributed by atoms with Gasteiger partial charge in [0.1, 0.15) is 0 Å². The smallest absolute Gasteiger partial charge is 0.200 e. The van der Waals surface area contributed by atoms with Gasteiger partial charge in [-0.2, -0.15) is 0 Å². The minimum absolute atomic E-state index is 0.277. The van der Waals surface area contributed by atoms with Gasteiger partial charge < -0.3 is 9.67 Å². The molecule has 90 valence electrons. The molecule has 0 fully saturated rings. The first-order chi connectivity index (χ1) is 8.11. The molecule has 3 heteroatoms. The minimum atomic E-state index is 0.277. The summed E-state index contributed by atoms with van der Waals surface area (Å²) in [6.07, 6.45) is 1.78. The number of aromatic nitrogens is 1. The van der Waals surface area contributed by atoms with Crippen LogP contribution in [0.2, 0.25) is 0 Å². The molecule has 0 aliphatic rings. The van der Waals surface area contributed by atoms with Crippen LogP contribution in [0.3, 0.4) is 0 Å². The lowest BCUT2D eigenvalue weighted by molar-refractivity contribution is 0.434. The molecule has 0 unspecified atom stereocenters. The Hall–Kier alpha value is -1.77. The second-order valence-electron chi connectivity index (χ2n) is 4.70. The molecule has 1 N–H and O–H groups in total. The van der Waals surface area contributed by atoms with Gasteiger partial charge in [0.25, 0.3) is 0 Å². The van der Waals surface area contributed by atoms with Crippen molar-refractivity contribution in [2.75, 3.05) is 6.54 Å². The van der Waals surface area contributed by atoms with Crippen molar-refractivity contribution in [3.05, 3.63) is 29.8 Å². The number of benzene rings is 1. The summed E-state index contributed by atoms with van der Waals surface area (Å²) in [5.41, 5.74) is 1.83. The highest BCUT2D eigenvalue weighted by molar-refractivity contribution is 6.02. The first-order valence-corrected chi connectivity index (χ1v) is 5.87. The lowest BCUT2D eigenvalue weighted by Crippen LogP contribution is -1.93. The van der Waals surface area contributed by atoms with Gasteiger partial charge >= 0.3 is 0 Å².